The van der Waals surface area contributed by atoms with Crippen LogP contribution in [0.1, 0.15) is 65.7 Å². The summed E-state index contributed by atoms with van der Waals surface area (Å²) in [6.07, 6.45) is 7.47. The lowest BCUT2D eigenvalue weighted by Crippen LogP contribution is -2.57. The zero-order valence-corrected chi connectivity index (χ0v) is 23.4. The van der Waals surface area contributed by atoms with E-state index in [1.165, 1.54) is 7.11 Å². The Kier molecular flexibility index (Phi) is 8.86. The van der Waals surface area contributed by atoms with E-state index in [4.69, 9.17) is 9.47 Å². The van der Waals surface area contributed by atoms with Crippen LogP contribution >= 0.6 is 0 Å². The van der Waals surface area contributed by atoms with Crippen molar-refractivity contribution in [1.82, 2.24) is 20.9 Å². The normalized spacial score (nSPS) is 33.6. The molecule has 3 fully saturated rings. The second kappa shape index (κ2) is 12.0. The fraction of sp³-hybridized carbons (Fsp3) is 0.750. The average molecular weight is 547 g/mol. The van der Waals surface area contributed by atoms with Gasteiger partial charge in [0.2, 0.25) is 17.7 Å². The van der Waals surface area contributed by atoms with Crippen LogP contribution in [-0.4, -0.2) is 78.6 Å². The molecule has 0 bridgehead atoms. The largest absolute Gasteiger partial charge is 0.467 e. The number of carbonyl (C=O) groups is 5. The predicted molar refractivity (Wildman–Crippen MR) is 141 cm³/mol. The van der Waals surface area contributed by atoms with Gasteiger partial charge in [-0.05, 0) is 77.0 Å². The van der Waals surface area contributed by atoms with Crippen LogP contribution in [0.25, 0.3) is 0 Å². The molecule has 11 heteroatoms. The lowest BCUT2D eigenvalue weighted by Gasteiger charge is -2.34. The van der Waals surface area contributed by atoms with Crippen LogP contribution < -0.4 is 16.0 Å². The van der Waals surface area contributed by atoms with Gasteiger partial charge in [-0.3, -0.25) is 14.4 Å². The summed E-state index contributed by atoms with van der Waals surface area (Å²) in [7, 11) is 1.25. The number of piperidine rings is 1. The maximum Gasteiger partial charge on any atom is 0.408 e. The Morgan fingerprint density at radius 3 is 2.56 bits per heavy atom. The van der Waals surface area contributed by atoms with Gasteiger partial charge in [0.05, 0.1) is 7.11 Å². The summed E-state index contributed by atoms with van der Waals surface area (Å²) in [5.74, 6) is -2.06. The Morgan fingerprint density at radius 2 is 1.85 bits per heavy atom. The SMILES string of the molecule is COC(=O)[C@@H]1C[C@@H]2C(=O)NCCC2C=CCC[C@H](NC(=O)OC(C)(C)C)C(=O)N2C[C@@H]3CCC[C@@H]3[C@H]2C(=O)N1. The van der Waals surface area contributed by atoms with Crippen LogP contribution in [0.4, 0.5) is 4.79 Å². The first-order valence-electron chi connectivity index (χ1n) is 14.1. The first-order chi connectivity index (χ1) is 18.5. The summed E-state index contributed by atoms with van der Waals surface area (Å²) in [5.41, 5.74) is -0.735. The second-order valence-corrected chi connectivity index (χ2v) is 12.2. The summed E-state index contributed by atoms with van der Waals surface area (Å²) in [5, 5.41) is 8.46. The molecule has 0 spiro atoms. The number of rotatable bonds is 2. The summed E-state index contributed by atoms with van der Waals surface area (Å²) >= 11 is 0. The Balaban J connectivity index is 1.67. The molecule has 0 aromatic heterocycles. The fourth-order valence-electron chi connectivity index (χ4n) is 6.58. The number of esters is 1. The van der Waals surface area contributed by atoms with Crippen molar-refractivity contribution in [2.24, 2.45) is 23.7 Å². The lowest BCUT2D eigenvalue weighted by atomic mass is 9.81. The van der Waals surface area contributed by atoms with E-state index in [1.54, 1.807) is 25.7 Å². The number of carbonyl (C=O) groups excluding carboxylic acids is 5. The van der Waals surface area contributed by atoms with E-state index in [0.29, 0.717) is 32.4 Å². The predicted octanol–water partition coefficient (Wildman–Crippen LogP) is 1.66. The first-order valence-corrected chi connectivity index (χ1v) is 14.1. The standard InChI is InChI=1S/C28H42N4O7/c1-28(2,3)39-27(37)31-20-11-6-5-8-16-12-13-29-23(33)19(16)14-21(26(36)38-4)30-24(34)22-18-10-7-9-17(18)15-32(22)25(20)35/h5,8,16-22H,6-7,9-15H2,1-4H3,(H,29,33)(H,30,34)(H,31,37)/t16?,17-,18-,19-,20-,21-,22-/m0/s1. The number of methoxy groups -OCH3 is 1. The molecule has 4 aliphatic rings. The molecule has 7 atom stereocenters. The minimum Gasteiger partial charge on any atom is -0.467 e. The van der Waals surface area contributed by atoms with Crippen LogP contribution in [0.2, 0.25) is 0 Å². The quantitative estimate of drug-likeness (QED) is 0.353. The highest BCUT2D eigenvalue weighted by atomic mass is 16.6. The number of fused-ring (bicyclic) bond motifs is 4. The van der Waals surface area contributed by atoms with Crippen molar-refractivity contribution in [3.63, 3.8) is 0 Å². The number of nitrogens with zero attached hydrogens (tertiary/aromatic N) is 1. The van der Waals surface area contributed by atoms with E-state index in [9.17, 15) is 24.0 Å². The molecule has 3 heterocycles. The van der Waals surface area contributed by atoms with Gasteiger partial charge < -0.3 is 30.3 Å². The molecule has 0 aromatic rings. The van der Waals surface area contributed by atoms with E-state index >= 15 is 0 Å². The van der Waals surface area contributed by atoms with Crippen LogP contribution in [0, 0.1) is 23.7 Å². The molecule has 1 unspecified atom stereocenters. The molecular formula is C28H42N4O7. The molecule has 0 radical (unpaired) electrons. The molecule has 11 nitrogen and oxygen atoms in total. The molecule has 0 aromatic carbocycles. The van der Waals surface area contributed by atoms with Crippen LogP contribution in [0.3, 0.4) is 0 Å². The molecule has 39 heavy (non-hydrogen) atoms. The highest BCUT2D eigenvalue weighted by Gasteiger charge is 2.51. The topological polar surface area (TPSA) is 143 Å². The Labute approximate surface area is 229 Å². The van der Waals surface area contributed by atoms with E-state index in [0.717, 1.165) is 19.3 Å². The van der Waals surface area contributed by atoms with Crippen molar-refractivity contribution in [3.05, 3.63) is 12.2 Å². The van der Waals surface area contributed by atoms with Gasteiger partial charge in [-0.2, -0.15) is 0 Å². The number of hydrogen-bond donors (Lipinski definition) is 3. The maximum absolute atomic E-state index is 13.9. The molecule has 4 rings (SSSR count). The highest BCUT2D eigenvalue weighted by Crippen LogP contribution is 2.43. The van der Waals surface area contributed by atoms with E-state index in [1.807, 2.05) is 12.2 Å². The van der Waals surface area contributed by atoms with Gasteiger partial charge in [-0.1, -0.05) is 18.6 Å². The summed E-state index contributed by atoms with van der Waals surface area (Å²) < 4.78 is 10.4. The number of amides is 4. The molecule has 1 aliphatic carbocycles. The highest BCUT2D eigenvalue weighted by molar-refractivity contribution is 5.94. The monoisotopic (exact) mass is 546 g/mol. The smallest absolute Gasteiger partial charge is 0.408 e. The Hall–Kier alpha value is -3.11. The molecular weight excluding hydrogens is 504 g/mol. The summed E-state index contributed by atoms with van der Waals surface area (Å²) in [4.78, 5) is 67.6. The van der Waals surface area contributed by atoms with Gasteiger partial charge in [0.15, 0.2) is 0 Å². The van der Waals surface area contributed by atoms with Crippen molar-refractivity contribution >= 4 is 29.8 Å². The number of hydrogen-bond acceptors (Lipinski definition) is 7. The maximum atomic E-state index is 13.9. The van der Waals surface area contributed by atoms with E-state index in [-0.39, 0.29) is 36.0 Å². The van der Waals surface area contributed by atoms with Crippen LogP contribution in [0.15, 0.2) is 12.2 Å². The number of alkyl carbamates (subject to hydrolysis) is 1. The van der Waals surface area contributed by atoms with Gasteiger partial charge in [0.25, 0.3) is 0 Å². The van der Waals surface area contributed by atoms with Gasteiger partial charge in [-0.15, -0.1) is 0 Å². The molecule has 3 aliphatic heterocycles. The van der Waals surface area contributed by atoms with E-state index < -0.39 is 47.6 Å². The van der Waals surface area contributed by atoms with Gasteiger partial charge in [-0.25, -0.2) is 9.59 Å². The first kappa shape index (κ1) is 28.9. The van der Waals surface area contributed by atoms with Gasteiger partial charge in [0.1, 0.15) is 23.7 Å². The van der Waals surface area contributed by atoms with Crippen molar-refractivity contribution in [1.29, 1.82) is 0 Å². The minimum absolute atomic E-state index is 0.0343. The zero-order chi connectivity index (χ0) is 28.3. The van der Waals surface area contributed by atoms with Crippen molar-refractivity contribution in [2.45, 2.75) is 89.4 Å². The summed E-state index contributed by atoms with van der Waals surface area (Å²) in [6, 6.07) is -2.68. The lowest BCUT2D eigenvalue weighted by molar-refractivity contribution is -0.148. The van der Waals surface area contributed by atoms with E-state index in [2.05, 4.69) is 16.0 Å². The third-order valence-electron chi connectivity index (χ3n) is 8.36. The third kappa shape index (κ3) is 6.73. The van der Waals surface area contributed by atoms with Gasteiger partial charge >= 0.3 is 12.1 Å². The molecule has 4 amide bonds. The fourth-order valence-corrected chi connectivity index (χ4v) is 6.58. The second-order valence-electron chi connectivity index (χ2n) is 12.2. The summed E-state index contributed by atoms with van der Waals surface area (Å²) in [6.45, 7) is 6.18. The van der Waals surface area contributed by atoms with Crippen molar-refractivity contribution in [3.8, 4) is 0 Å². The number of nitrogens with one attached hydrogen (secondary N) is 3. The van der Waals surface area contributed by atoms with Crippen LogP contribution in [-0.2, 0) is 28.7 Å². The van der Waals surface area contributed by atoms with Gasteiger partial charge in [0, 0.05) is 19.0 Å². The zero-order valence-electron chi connectivity index (χ0n) is 23.4. The molecule has 216 valence electrons. The Bertz CT molecular complexity index is 1010. The molecule has 2 saturated heterocycles. The molecule has 1 saturated carbocycles. The van der Waals surface area contributed by atoms with Crippen LogP contribution in [0.5, 0.6) is 0 Å². The third-order valence-corrected chi connectivity index (χ3v) is 8.36. The van der Waals surface area contributed by atoms with Crippen molar-refractivity contribution in [2.75, 3.05) is 20.2 Å². The minimum atomic E-state index is -1.02. The Morgan fingerprint density at radius 1 is 1.08 bits per heavy atom. The van der Waals surface area contributed by atoms with Crippen molar-refractivity contribution < 1.29 is 33.4 Å². The average Bonchev–Trinajstić information content (AvgIpc) is 3.46. The number of allylic oxidation sites excluding steroid dienone is 2. The molecule has 3 N–H and O–H groups in total. The number of ether oxygens (including phenoxy) is 2.